The van der Waals surface area contributed by atoms with Crippen molar-refractivity contribution in [1.82, 2.24) is 0 Å². The number of amides is 1. The minimum absolute atomic E-state index is 0.0463. The number of esters is 1. The fourth-order valence-electron chi connectivity index (χ4n) is 2.59. The molecule has 0 bridgehead atoms. The van der Waals surface area contributed by atoms with Crippen LogP contribution in [0.4, 0.5) is 11.4 Å². The fourth-order valence-corrected chi connectivity index (χ4v) is 2.91. The number of hydrogen-bond acceptors (Lipinski definition) is 6. The van der Waals surface area contributed by atoms with Gasteiger partial charge in [0.1, 0.15) is 11.8 Å². The number of carbonyl (C=O) groups is 2. The molecule has 0 spiro atoms. The Balaban J connectivity index is 2.60. The number of phenolic OH excluding ortho intramolecular Hbond substituents is 1. The lowest BCUT2D eigenvalue weighted by molar-refractivity contribution is -0.384. The molecule has 2 aromatic rings. The molecule has 28 heavy (non-hydrogen) atoms. The van der Waals surface area contributed by atoms with Crippen molar-refractivity contribution >= 4 is 46.5 Å². The van der Waals surface area contributed by atoms with E-state index in [0.717, 1.165) is 11.0 Å². The van der Waals surface area contributed by atoms with E-state index < -0.39 is 22.8 Å². The Labute approximate surface area is 170 Å². The quantitative estimate of drug-likeness (QED) is 0.420. The number of rotatable bonds is 6. The number of nitro groups is 1. The number of phenols is 1. The number of methoxy groups -OCH3 is 1. The SMILES string of the molecule is CC[C@H](C(=O)OC)N(C(=O)c1ccc([N+](=O)[O-])cc1)c1cc(Cl)c(Cl)cc1O. The molecule has 0 aromatic heterocycles. The van der Waals surface area contributed by atoms with E-state index in [2.05, 4.69) is 0 Å². The highest BCUT2D eigenvalue weighted by atomic mass is 35.5. The van der Waals surface area contributed by atoms with Crippen LogP contribution in [0.1, 0.15) is 23.7 Å². The molecule has 2 aromatic carbocycles. The van der Waals surface area contributed by atoms with Gasteiger partial charge in [-0.3, -0.25) is 19.8 Å². The van der Waals surface area contributed by atoms with Crippen molar-refractivity contribution in [1.29, 1.82) is 0 Å². The Morgan fingerprint density at radius 1 is 1.21 bits per heavy atom. The average Bonchev–Trinajstić information content (AvgIpc) is 2.68. The van der Waals surface area contributed by atoms with Crippen LogP contribution < -0.4 is 4.90 Å². The largest absolute Gasteiger partial charge is 0.506 e. The number of non-ortho nitro benzene ring substituents is 1. The molecule has 148 valence electrons. The molecule has 0 fully saturated rings. The van der Waals surface area contributed by atoms with Crippen LogP contribution in [0.2, 0.25) is 10.0 Å². The summed E-state index contributed by atoms with van der Waals surface area (Å²) in [6, 6.07) is 6.18. The third kappa shape index (κ3) is 4.35. The second-order valence-electron chi connectivity index (χ2n) is 5.68. The first-order valence-corrected chi connectivity index (χ1v) is 8.80. The summed E-state index contributed by atoms with van der Waals surface area (Å²) in [5.41, 5.74) is -0.172. The molecular weight excluding hydrogens is 411 g/mol. The molecule has 0 aliphatic carbocycles. The van der Waals surface area contributed by atoms with Crippen LogP contribution in [0.15, 0.2) is 36.4 Å². The minimum Gasteiger partial charge on any atom is -0.506 e. The molecule has 0 heterocycles. The fraction of sp³-hybridized carbons (Fsp3) is 0.222. The molecule has 0 saturated heterocycles. The van der Waals surface area contributed by atoms with Crippen molar-refractivity contribution in [3.63, 3.8) is 0 Å². The number of ether oxygens (including phenoxy) is 1. The van der Waals surface area contributed by atoms with Crippen LogP contribution in [0.25, 0.3) is 0 Å². The predicted octanol–water partition coefficient (Wildman–Crippen LogP) is 4.21. The third-order valence-corrected chi connectivity index (χ3v) is 4.71. The number of aromatic hydroxyl groups is 1. The summed E-state index contributed by atoms with van der Waals surface area (Å²) in [5, 5.41) is 21.3. The van der Waals surface area contributed by atoms with E-state index in [-0.39, 0.29) is 39.2 Å². The van der Waals surface area contributed by atoms with Gasteiger partial charge in [-0.25, -0.2) is 4.79 Å². The maximum atomic E-state index is 13.2. The van der Waals surface area contributed by atoms with Crippen LogP contribution in [0.3, 0.4) is 0 Å². The Morgan fingerprint density at radius 3 is 2.29 bits per heavy atom. The lowest BCUT2D eigenvalue weighted by atomic mass is 10.1. The van der Waals surface area contributed by atoms with Gasteiger partial charge >= 0.3 is 5.97 Å². The second-order valence-corrected chi connectivity index (χ2v) is 6.50. The molecule has 0 aliphatic rings. The highest BCUT2D eigenvalue weighted by molar-refractivity contribution is 6.42. The minimum atomic E-state index is -1.07. The van der Waals surface area contributed by atoms with E-state index in [1.165, 1.54) is 37.4 Å². The normalized spacial score (nSPS) is 11.6. The van der Waals surface area contributed by atoms with Crippen LogP contribution in [0.5, 0.6) is 5.75 Å². The number of benzene rings is 2. The zero-order valence-electron chi connectivity index (χ0n) is 14.9. The van der Waals surface area contributed by atoms with E-state index in [4.69, 9.17) is 27.9 Å². The number of hydrogen-bond donors (Lipinski definition) is 1. The van der Waals surface area contributed by atoms with Crippen molar-refractivity contribution < 1.29 is 24.4 Å². The number of nitrogens with zero attached hydrogens (tertiary/aromatic N) is 2. The zero-order chi connectivity index (χ0) is 21.0. The van der Waals surface area contributed by atoms with Gasteiger partial charge in [0.15, 0.2) is 0 Å². The Bertz CT molecular complexity index is 917. The second kappa shape index (κ2) is 8.90. The van der Waals surface area contributed by atoms with Crippen molar-refractivity contribution in [2.75, 3.05) is 12.0 Å². The van der Waals surface area contributed by atoms with Crippen molar-refractivity contribution in [2.45, 2.75) is 19.4 Å². The van der Waals surface area contributed by atoms with Crippen molar-refractivity contribution in [2.24, 2.45) is 0 Å². The monoisotopic (exact) mass is 426 g/mol. The van der Waals surface area contributed by atoms with Crippen molar-refractivity contribution in [3.8, 4) is 5.75 Å². The Hall–Kier alpha value is -2.84. The first kappa shape index (κ1) is 21.5. The number of nitro benzene ring substituents is 1. The first-order chi connectivity index (χ1) is 13.2. The Morgan fingerprint density at radius 2 is 1.79 bits per heavy atom. The third-order valence-electron chi connectivity index (χ3n) is 3.99. The summed E-state index contributed by atoms with van der Waals surface area (Å²) in [7, 11) is 1.17. The zero-order valence-corrected chi connectivity index (χ0v) is 16.4. The maximum absolute atomic E-state index is 13.2. The van der Waals surface area contributed by atoms with Gasteiger partial charge in [-0.2, -0.15) is 0 Å². The van der Waals surface area contributed by atoms with Gasteiger partial charge in [0.25, 0.3) is 11.6 Å². The molecule has 1 amide bonds. The average molecular weight is 427 g/mol. The number of carbonyl (C=O) groups excluding carboxylic acids is 2. The van der Waals surface area contributed by atoms with Gasteiger partial charge in [-0.1, -0.05) is 30.1 Å². The predicted molar refractivity (Wildman–Crippen MR) is 104 cm³/mol. The summed E-state index contributed by atoms with van der Waals surface area (Å²) in [6.45, 7) is 1.66. The highest BCUT2D eigenvalue weighted by Gasteiger charge is 2.33. The van der Waals surface area contributed by atoms with E-state index >= 15 is 0 Å². The van der Waals surface area contributed by atoms with Gasteiger partial charge in [0.2, 0.25) is 0 Å². The maximum Gasteiger partial charge on any atom is 0.328 e. The van der Waals surface area contributed by atoms with Crippen LogP contribution in [0, 0.1) is 10.1 Å². The standard InChI is InChI=1S/C18H16Cl2N2O6/c1-3-14(18(25)28-2)21(15-8-12(19)13(20)9-16(15)23)17(24)10-4-6-11(7-5-10)22(26)27/h4-9,14,23H,3H2,1-2H3/t14-/m1/s1. The summed E-state index contributed by atoms with van der Waals surface area (Å²) in [6.07, 6.45) is 0.172. The van der Waals surface area contributed by atoms with Gasteiger partial charge < -0.3 is 9.84 Å². The highest BCUT2D eigenvalue weighted by Crippen LogP contribution is 2.38. The molecule has 0 aliphatic heterocycles. The van der Waals surface area contributed by atoms with Gasteiger partial charge in [0, 0.05) is 23.8 Å². The van der Waals surface area contributed by atoms with E-state index in [9.17, 15) is 24.8 Å². The van der Waals surface area contributed by atoms with Gasteiger partial charge in [0.05, 0.1) is 27.8 Å². The number of halogens is 2. The molecule has 1 atom stereocenters. The van der Waals surface area contributed by atoms with Gasteiger partial charge in [-0.15, -0.1) is 0 Å². The van der Waals surface area contributed by atoms with E-state index in [1.807, 2.05) is 0 Å². The molecule has 0 radical (unpaired) electrons. The molecule has 0 saturated carbocycles. The van der Waals surface area contributed by atoms with E-state index in [1.54, 1.807) is 6.92 Å². The van der Waals surface area contributed by atoms with E-state index in [0.29, 0.717) is 0 Å². The number of anilines is 1. The smallest absolute Gasteiger partial charge is 0.328 e. The summed E-state index contributed by atoms with van der Waals surface area (Å²) >= 11 is 11.9. The molecular formula is C18H16Cl2N2O6. The van der Waals surface area contributed by atoms with Gasteiger partial charge in [-0.05, 0) is 24.6 Å². The first-order valence-electron chi connectivity index (χ1n) is 8.05. The lowest BCUT2D eigenvalue weighted by Gasteiger charge is -2.30. The van der Waals surface area contributed by atoms with Crippen LogP contribution in [-0.2, 0) is 9.53 Å². The molecule has 2 rings (SSSR count). The topological polar surface area (TPSA) is 110 Å². The molecule has 0 unspecified atom stereocenters. The summed E-state index contributed by atoms with van der Waals surface area (Å²) in [5.74, 6) is -1.75. The summed E-state index contributed by atoms with van der Waals surface area (Å²) in [4.78, 5) is 36.7. The van der Waals surface area contributed by atoms with Crippen molar-refractivity contribution in [3.05, 3.63) is 62.1 Å². The lowest BCUT2D eigenvalue weighted by Crippen LogP contribution is -2.45. The summed E-state index contributed by atoms with van der Waals surface area (Å²) < 4.78 is 4.77. The molecule has 1 N–H and O–H groups in total. The molecule has 10 heteroatoms. The Kier molecular flexibility index (Phi) is 6.82. The van der Waals surface area contributed by atoms with Crippen LogP contribution >= 0.6 is 23.2 Å². The molecule has 8 nitrogen and oxygen atoms in total. The van der Waals surface area contributed by atoms with Crippen LogP contribution in [-0.4, -0.2) is 35.1 Å².